The molecule has 0 aliphatic rings. The maximum Gasteiger partial charge on any atom is 0.235 e. The Bertz CT molecular complexity index is 244. The normalized spacial score (nSPS) is 10.7. The highest BCUT2D eigenvalue weighted by Gasteiger charge is 2.06. The number of nitrogens with two attached hydrogens (primary N) is 1. The molecular weight excluding hydrogens is 220 g/mol. The minimum Gasteiger partial charge on any atom is -0.356 e. The summed E-state index contributed by atoms with van der Waals surface area (Å²) in [7, 11) is 1.87. The molecular formula is C11H24N4O2. The van der Waals surface area contributed by atoms with Crippen molar-refractivity contribution in [2.75, 3.05) is 26.7 Å². The van der Waals surface area contributed by atoms with Gasteiger partial charge in [-0.05, 0) is 13.0 Å². The summed E-state index contributed by atoms with van der Waals surface area (Å²) < 4.78 is 0. The maximum absolute atomic E-state index is 11.4. The molecule has 100 valence electrons. The Balaban J connectivity index is 3.58. The predicted molar refractivity (Wildman–Crippen MR) is 66.9 cm³/mol. The molecule has 17 heavy (non-hydrogen) atoms. The average Bonchev–Trinajstić information content (AvgIpc) is 2.30. The molecule has 0 aromatic carbocycles. The Morgan fingerprint density at radius 2 is 1.71 bits per heavy atom. The zero-order valence-corrected chi connectivity index (χ0v) is 11.0. The summed E-state index contributed by atoms with van der Waals surface area (Å²) in [6.45, 7) is 6.05. The van der Waals surface area contributed by atoms with Gasteiger partial charge in [-0.2, -0.15) is 0 Å². The van der Waals surface area contributed by atoms with Crippen LogP contribution in [0.4, 0.5) is 0 Å². The van der Waals surface area contributed by atoms with Gasteiger partial charge in [-0.1, -0.05) is 13.8 Å². The van der Waals surface area contributed by atoms with Crippen LogP contribution in [0.3, 0.4) is 0 Å². The van der Waals surface area contributed by atoms with E-state index >= 15 is 0 Å². The Hall–Kier alpha value is -1.14. The molecule has 4 N–H and O–H groups in total. The van der Waals surface area contributed by atoms with Gasteiger partial charge in [0, 0.05) is 32.5 Å². The van der Waals surface area contributed by atoms with Crippen molar-refractivity contribution in [3.8, 4) is 0 Å². The van der Waals surface area contributed by atoms with Crippen molar-refractivity contribution in [3.05, 3.63) is 0 Å². The maximum atomic E-state index is 11.4. The largest absolute Gasteiger partial charge is 0.356 e. The van der Waals surface area contributed by atoms with Crippen LogP contribution in [-0.4, -0.2) is 43.4 Å². The third-order valence-electron chi connectivity index (χ3n) is 2.31. The molecule has 0 aliphatic heterocycles. The third kappa shape index (κ3) is 9.77. The summed E-state index contributed by atoms with van der Waals surface area (Å²) in [6.07, 6.45) is 0.800. The van der Waals surface area contributed by atoms with Gasteiger partial charge in [-0.3, -0.25) is 15.0 Å². The van der Waals surface area contributed by atoms with Crippen molar-refractivity contribution in [2.45, 2.75) is 26.7 Å². The van der Waals surface area contributed by atoms with Crippen LogP contribution in [0.25, 0.3) is 0 Å². The fourth-order valence-corrected chi connectivity index (χ4v) is 1.18. The summed E-state index contributed by atoms with van der Waals surface area (Å²) in [5, 5.41) is 2.85. The number of carbonyl (C=O) groups is 2. The number of nitrogens with one attached hydrogen (secondary N) is 2. The minimum atomic E-state index is -0.193. The van der Waals surface area contributed by atoms with Crippen LogP contribution in [0.15, 0.2) is 0 Å². The molecule has 0 saturated heterocycles. The molecule has 0 aromatic rings. The van der Waals surface area contributed by atoms with Crippen LogP contribution < -0.4 is 16.6 Å². The Morgan fingerprint density at radius 1 is 1.18 bits per heavy atom. The average molecular weight is 244 g/mol. The van der Waals surface area contributed by atoms with Gasteiger partial charge in [0.05, 0.1) is 0 Å². The van der Waals surface area contributed by atoms with Crippen molar-refractivity contribution in [3.63, 3.8) is 0 Å². The highest BCUT2D eigenvalue weighted by Crippen LogP contribution is 1.92. The number of carbonyl (C=O) groups excluding carboxylic acids is 2. The zero-order chi connectivity index (χ0) is 13.3. The lowest BCUT2D eigenvalue weighted by Gasteiger charge is -2.15. The number of amides is 2. The summed E-state index contributed by atoms with van der Waals surface area (Å²) >= 11 is 0. The first-order valence-electron chi connectivity index (χ1n) is 5.90. The number of nitrogens with zero attached hydrogens (tertiary/aromatic N) is 1. The lowest BCUT2D eigenvalue weighted by Crippen LogP contribution is -2.35. The molecule has 0 rings (SSSR count). The van der Waals surface area contributed by atoms with Crippen LogP contribution >= 0.6 is 0 Å². The highest BCUT2D eigenvalue weighted by molar-refractivity contribution is 5.76. The molecule has 0 spiro atoms. The molecule has 2 amide bonds. The van der Waals surface area contributed by atoms with Crippen molar-refractivity contribution < 1.29 is 9.59 Å². The second kappa shape index (κ2) is 8.95. The molecule has 0 unspecified atom stereocenters. The van der Waals surface area contributed by atoms with Gasteiger partial charge in [0.25, 0.3) is 0 Å². The van der Waals surface area contributed by atoms with Crippen LogP contribution in [0.1, 0.15) is 26.7 Å². The number of hydrogen-bond acceptors (Lipinski definition) is 4. The molecule has 0 bridgehead atoms. The highest BCUT2D eigenvalue weighted by atomic mass is 16.2. The van der Waals surface area contributed by atoms with Crippen LogP contribution in [0.2, 0.25) is 0 Å². The molecule has 0 heterocycles. The quantitative estimate of drug-likeness (QED) is 0.304. The second-order valence-electron chi connectivity index (χ2n) is 4.57. The Kier molecular flexibility index (Phi) is 8.35. The van der Waals surface area contributed by atoms with E-state index in [9.17, 15) is 9.59 Å². The number of rotatable bonds is 8. The van der Waals surface area contributed by atoms with Crippen molar-refractivity contribution >= 4 is 11.8 Å². The second-order valence-corrected chi connectivity index (χ2v) is 4.57. The zero-order valence-electron chi connectivity index (χ0n) is 11.0. The molecule has 0 aliphatic carbocycles. The van der Waals surface area contributed by atoms with Gasteiger partial charge < -0.3 is 10.2 Å². The van der Waals surface area contributed by atoms with Gasteiger partial charge >= 0.3 is 0 Å². The summed E-state index contributed by atoms with van der Waals surface area (Å²) in [6, 6.07) is 0. The molecule has 0 radical (unpaired) electrons. The first-order valence-corrected chi connectivity index (χ1v) is 5.90. The van der Waals surface area contributed by atoms with Crippen molar-refractivity contribution in [1.29, 1.82) is 0 Å². The summed E-state index contributed by atoms with van der Waals surface area (Å²) in [5.41, 5.74) is 2.07. The van der Waals surface area contributed by atoms with E-state index in [-0.39, 0.29) is 11.8 Å². The Morgan fingerprint density at radius 3 is 2.18 bits per heavy atom. The number of hydrogen-bond donors (Lipinski definition) is 3. The van der Waals surface area contributed by atoms with E-state index < -0.39 is 0 Å². The summed E-state index contributed by atoms with van der Waals surface area (Å²) in [5.74, 6) is 5.29. The number of hydrazine groups is 1. The molecule has 6 nitrogen and oxygen atoms in total. The fraction of sp³-hybridized carbons (Fsp3) is 0.818. The molecule has 0 aromatic heterocycles. The minimum absolute atomic E-state index is 0.0498. The van der Waals surface area contributed by atoms with E-state index in [2.05, 4.69) is 24.6 Å². The van der Waals surface area contributed by atoms with E-state index in [0.29, 0.717) is 38.4 Å². The fourth-order valence-electron chi connectivity index (χ4n) is 1.18. The standard InChI is InChI=1S/C11H24N4O2/c1-9(2)8-13-10(16)4-6-15(3)7-5-11(17)14-12/h9H,4-8,12H2,1-3H3,(H,13,16)(H,14,17). The molecule has 0 saturated carbocycles. The van der Waals surface area contributed by atoms with Crippen LogP contribution in [-0.2, 0) is 9.59 Å². The first-order chi connectivity index (χ1) is 7.95. The van der Waals surface area contributed by atoms with Crippen LogP contribution in [0.5, 0.6) is 0 Å². The van der Waals surface area contributed by atoms with Crippen molar-refractivity contribution in [2.24, 2.45) is 11.8 Å². The third-order valence-corrected chi connectivity index (χ3v) is 2.31. The van der Waals surface area contributed by atoms with E-state index in [0.717, 1.165) is 0 Å². The van der Waals surface area contributed by atoms with E-state index in [1.165, 1.54) is 0 Å². The SMILES string of the molecule is CC(C)CNC(=O)CCN(C)CCC(=O)NN. The smallest absolute Gasteiger partial charge is 0.235 e. The molecule has 0 fully saturated rings. The summed E-state index contributed by atoms with van der Waals surface area (Å²) in [4.78, 5) is 24.2. The van der Waals surface area contributed by atoms with E-state index in [4.69, 9.17) is 5.84 Å². The molecule has 0 atom stereocenters. The van der Waals surface area contributed by atoms with Gasteiger partial charge in [0.1, 0.15) is 0 Å². The lowest BCUT2D eigenvalue weighted by atomic mass is 10.2. The van der Waals surface area contributed by atoms with Crippen LogP contribution in [0, 0.1) is 5.92 Å². The first kappa shape index (κ1) is 15.9. The van der Waals surface area contributed by atoms with E-state index in [1.807, 2.05) is 11.9 Å². The lowest BCUT2D eigenvalue weighted by molar-refractivity contribution is -0.121. The van der Waals surface area contributed by atoms with Gasteiger partial charge in [0.2, 0.25) is 11.8 Å². The monoisotopic (exact) mass is 244 g/mol. The topological polar surface area (TPSA) is 87.5 Å². The van der Waals surface area contributed by atoms with Gasteiger partial charge in [0.15, 0.2) is 0 Å². The predicted octanol–water partition coefficient (Wildman–Crippen LogP) is -0.539. The molecule has 6 heteroatoms. The van der Waals surface area contributed by atoms with E-state index in [1.54, 1.807) is 0 Å². The van der Waals surface area contributed by atoms with Crippen molar-refractivity contribution in [1.82, 2.24) is 15.6 Å². The Labute approximate surface area is 103 Å². The van der Waals surface area contributed by atoms with Gasteiger partial charge in [-0.15, -0.1) is 0 Å². The van der Waals surface area contributed by atoms with Gasteiger partial charge in [-0.25, -0.2) is 5.84 Å².